The molecule has 1 aromatic carbocycles. The van der Waals surface area contributed by atoms with E-state index in [9.17, 15) is 9.59 Å². The van der Waals surface area contributed by atoms with Gasteiger partial charge in [-0.1, -0.05) is 0 Å². The van der Waals surface area contributed by atoms with E-state index in [4.69, 9.17) is 4.74 Å². The summed E-state index contributed by atoms with van der Waals surface area (Å²) in [6.07, 6.45) is 3.36. The number of benzene rings is 1. The number of nitrogens with one attached hydrogen (secondary N) is 1. The van der Waals surface area contributed by atoms with Crippen molar-refractivity contribution in [1.29, 1.82) is 0 Å². The highest BCUT2D eigenvalue weighted by Gasteiger charge is 2.35. The monoisotopic (exact) mass is 274 g/mol. The molecule has 0 atom stereocenters. The molecule has 1 fully saturated rings. The maximum atomic E-state index is 12.0. The summed E-state index contributed by atoms with van der Waals surface area (Å²) in [7, 11) is 1.55. The number of amides is 1. The van der Waals surface area contributed by atoms with Crippen molar-refractivity contribution in [3.8, 4) is 5.75 Å². The van der Waals surface area contributed by atoms with Crippen LogP contribution in [0, 0.1) is 0 Å². The van der Waals surface area contributed by atoms with E-state index in [1.165, 1.54) is 12.8 Å². The number of ether oxygens (including phenoxy) is 1. The van der Waals surface area contributed by atoms with Crippen molar-refractivity contribution >= 4 is 17.4 Å². The zero-order chi connectivity index (χ0) is 14.1. The van der Waals surface area contributed by atoms with Crippen LogP contribution in [0.4, 0.5) is 5.69 Å². The highest BCUT2D eigenvalue weighted by Crippen LogP contribution is 2.32. The Bertz CT molecular complexity index is 552. The van der Waals surface area contributed by atoms with E-state index in [0.717, 1.165) is 13.0 Å². The van der Waals surface area contributed by atoms with Crippen molar-refractivity contribution in [3.05, 3.63) is 23.8 Å². The van der Waals surface area contributed by atoms with E-state index < -0.39 is 11.7 Å². The van der Waals surface area contributed by atoms with E-state index in [1.54, 1.807) is 30.2 Å². The van der Waals surface area contributed by atoms with Crippen LogP contribution < -0.4 is 15.0 Å². The maximum absolute atomic E-state index is 12.0. The molecule has 2 aliphatic rings. The van der Waals surface area contributed by atoms with Gasteiger partial charge in [-0.05, 0) is 44.0 Å². The minimum atomic E-state index is -0.436. The highest BCUT2D eigenvalue weighted by molar-refractivity contribution is 6.52. The third kappa shape index (κ3) is 2.41. The summed E-state index contributed by atoms with van der Waals surface area (Å²) in [5, 5.41) is 3.41. The Hall–Kier alpha value is -1.88. The third-order valence-corrected chi connectivity index (χ3v) is 3.75. The first kappa shape index (κ1) is 13.1. The summed E-state index contributed by atoms with van der Waals surface area (Å²) in [6, 6.07) is 5.87. The summed E-state index contributed by atoms with van der Waals surface area (Å²) in [4.78, 5) is 25.6. The van der Waals surface area contributed by atoms with E-state index in [1.807, 2.05) is 0 Å². The Balaban J connectivity index is 1.68. The molecule has 5 nitrogen and oxygen atoms in total. The lowest BCUT2D eigenvalue weighted by Crippen LogP contribution is -2.32. The van der Waals surface area contributed by atoms with Crippen LogP contribution in [0.5, 0.6) is 5.75 Å². The first-order valence-corrected chi connectivity index (χ1v) is 6.98. The van der Waals surface area contributed by atoms with Crippen LogP contribution >= 0.6 is 0 Å². The van der Waals surface area contributed by atoms with Gasteiger partial charge in [0.25, 0.3) is 11.7 Å². The first-order chi connectivity index (χ1) is 9.70. The number of anilines is 1. The predicted molar refractivity (Wildman–Crippen MR) is 75.3 cm³/mol. The lowest BCUT2D eigenvalue weighted by Gasteiger charge is -2.16. The molecule has 0 radical (unpaired) electrons. The second-order valence-corrected chi connectivity index (χ2v) is 5.25. The van der Waals surface area contributed by atoms with E-state index >= 15 is 0 Å². The molecule has 0 saturated heterocycles. The average molecular weight is 274 g/mol. The molecule has 1 aliphatic heterocycles. The fraction of sp³-hybridized carbons (Fsp3) is 0.467. The molecule has 1 heterocycles. The minimum Gasteiger partial charge on any atom is -0.497 e. The van der Waals surface area contributed by atoms with Crippen LogP contribution in [-0.2, 0) is 4.79 Å². The van der Waals surface area contributed by atoms with Gasteiger partial charge in [-0.3, -0.25) is 9.59 Å². The number of Topliss-reactive ketones (excluding diaryl/α,β-unsaturated/α-hetero) is 1. The van der Waals surface area contributed by atoms with E-state index in [-0.39, 0.29) is 0 Å². The fourth-order valence-corrected chi connectivity index (χ4v) is 2.46. The highest BCUT2D eigenvalue weighted by atomic mass is 16.5. The number of carbonyl (C=O) groups excluding carboxylic acids is 2. The molecule has 0 spiro atoms. The molecule has 106 valence electrons. The normalized spacial score (nSPS) is 17.6. The van der Waals surface area contributed by atoms with Gasteiger partial charge in [-0.15, -0.1) is 0 Å². The molecule has 3 rings (SSSR count). The Morgan fingerprint density at radius 1 is 1.35 bits per heavy atom. The molecule has 0 bridgehead atoms. The number of hydrogen-bond acceptors (Lipinski definition) is 4. The van der Waals surface area contributed by atoms with Crippen LogP contribution in [0.2, 0.25) is 0 Å². The molecule has 1 aliphatic carbocycles. The average Bonchev–Trinajstić information content (AvgIpc) is 3.26. The first-order valence-electron chi connectivity index (χ1n) is 6.98. The number of rotatable bonds is 6. The summed E-state index contributed by atoms with van der Waals surface area (Å²) >= 11 is 0. The molecule has 1 saturated carbocycles. The van der Waals surface area contributed by atoms with Crippen LogP contribution in [-0.4, -0.2) is 37.9 Å². The van der Waals surface area contributed by atoms with Crippen LogP contribution in [0.1, 0.15) is 29.6 Å². The molecule has 0 unspecified atom stereocenters. The van der Waals surface area contributed by atoms with Crippen LogP contribution in [0.15, 0.2) is 18.2 Å². The molecular weight excluding hydrogens is 256 g/mol. The SMILES string of the molecule is COc1ccc2c(c1)C(=O)C(=O)N2CCCNC1CC1. The molecule has 1 aromatic rings. The van der Waals surface area contributed by atoms with Crippen molar-refractivity contribution in [2.24, 2.45) is 0 Å². The Kier molecular flexibility index (Phi) is 3.44. The maximum Gasteiger partial charge on any atom is 0.299 e. The lowest BCUT2D eigenvalue weighted by molar-refractivity contribution is -0.114. The van der Waals surface area contributed by atoms with Crippen LogP contribution in [0.3, 0.4) is 0 Å². The van der Waals surface area contributed by atoms with Gasteiger partial charge < -0.3 is 15.0 Å². The van der Waals surface area contributed by atoms with Gasteiger partial charge in [0.1, 0.15) is 5.75 Å². The zero-order valence-corrected chi connectivity index (χ0v) is 11.5. The number of carbonyl (C=O) groups is 2. The molecule has 5 heteroatoms. The van der Waals surface area contributed by atoms with Gasteiger partial charge in [0.15, 0.2) is 0 Å². The number of fused-ring (bicyclic) bond motifs is 1. The van der Waals surface area contributed by atoms with Crippen molar-refractivity contribution in [1.82, 2.24) is 5.32 Å². The van der Waals surface area contributed by atoms with Crippen LogP contribution in [0.25, 0.3) is 0 Å². The Morgan fingerprint density at radius 2 is 2.15 bits per heavy atom. The van der Waals surface area contributed by atoms with Gasteiger partial charge in [0.2, 0.25) is 0 Å². The van der Waals surface area contributed by atoms with Gasteiger partial charge in [0.05, 0.1) is 18.4 Å². The third-order valence-electron chi connectivity index (χ3n) is 3.75. The summed E-state index contributed by atoms with van der Waals surface area (Å²) < 4.78 is 5.10. The lowest BCUT2D eigenvalue weighted by atomic mass is 10.1. The zero-order valence-electron chi connectivity index (χ0n) is 11.5. The largest absolute Gasteiger partial charge is 0.497 e. The minimum absolute atomic E-state index is 0.431. The van der Waals surface area contributed by atoms with Crippen molar-refractivity contribution in [3.63, 3.8) is 0 Å². The van der Waals surface area contributed by atoms with Crippen molar-refractivity contribution in [2.45, 2.75) is 25.3 Å². The second kappa shape index (κ2) is 5.25. The van der Waals surface area contributed by atoms with E-state index in [2.05, 4.69) is 5.32 Å². The number of methoxy groups -OCH3 is 1. The molecule has 20 heavy (non-hydrogen) atoms. The van der Waals surface area contributed by atoms with Gasteiger partial charge in [-0.2, -0.15) is 0 Å². The molecular formula is C15H18N2O3. The summed E-state index contributed by atoms with van der Waals surface area (Å²) in [5.41, 5.74) is 1.15. The quantitative estimate of drug-likeness (QED) is 0.628. The summed E-state index contributed by atoms with van der Waals surface area (Å²) in [5.74, 6) is -0.268. The van der Waals surface area contributed by atoms with Gasteiger partial charge >= 0.3 is 0 Å². The van der Waals surface area contributed by atoms with Crippen molar-refractivity contribution in [2.75, 3.05) is 25.1 Å². The van der Waals surface area contributed by atoms with E-state index in [0.29, 0.717) is 29.6 Å². The topological polar surface area (TPSA) is 58.6 Å². The Morgan fingerprint density at radius 3 is 2.85 bits per heavy atom. The Labute approximate surface area is 117 Å². The number of hydrogen-bond donors (Lipinski definition) is 1. The van der Waals surface area contributed by atoms with Crippen molar-refractivity contribution < 1.29 is 14.3 Å². The number of nitrogens with zero attached hydrogens (tertiary/aromatic N) is 1. The smallest absolute Gasteiger partial charge is 0.299 e. The molecule has 1 amide bonds. The number of ketones is 1. The summed E-state index contributed by atoms with van der Waals surface area (Å²) in [6.45, 7) is 1.46. The molecule has 1 N–H and O–H groups in total. The second-order valence-electron chi connectivity index (χ2n) is 5.25. The van der Waals surface area contributed by atoms with Gasteiger partial charge in [-0.25, -0.2) is 0 Å². The predicted octanol–water partition coefficient (Wildman–Crippen LogP) is 1.37. The molecule has 0 aromatic heterocycles. The fourth-order valence-electron chi connectivity index (χ4n) is 2.46. The standard InChI is InChI=1S/C15H18N2O3/c1-20-11-5-6-13-12(9-11)14(18)15(19)17(13)8-2-7-16-10-3-4-10/h5-6,9-10,16H,2-4,7-8H2,1H3. The van der Waals surface area contributed by atoms with Gasteiger partial charge in [0, 0.05) is 12.6 Å².